The van der Waals surface area contributed by atoms with Gasteiger partial charge in [-0.1, -0.05) is 6.07 Å². The van der Waals surface area contributed by atoms with Crippen molar-refractivity contribution in [3.05, 3.63) is 64.7 Å². The molecular weight excluding hydrogens is 314 g/mol. The van der Waals surface area contributed by atoms with Crippen LogP contribution < -0.4 is 10.2 Å². The van der Waals surface area contributed by atoms with Crippen molar-refractivity contribution in [3.63, 3.8) is 0 Å². The molecule has 4 nitrogen and oxygen atoms in total. The zero-order valence-electron chi connectivity index (χ0n) is 13.7. The van der Waals surface area contributed by atoms with Crippen molar-refractivity contribution in [2.45, 2.75) is 20.8 Å². The quantitative estimate of drug-likeness (QED) is 0.673. The maximum atomic E-state index is 13.6. The molecule has 2 aromatic rings. The molecule has 1 N–H and O–H groups in total. The number of hydrogen-bond acceptors (Lipinski definition) is 3. The maximum Gasteiger partial charge on any atom is 0.277 e. The molecule has 0 unspecified atom stereocenters. The number of benzene rings is 2. The number of carbonyl (C=O) groups excluding carboxylic acids is 1. The number of aryl methyl sites for hydroxylation is 2. The first kappa shape index (κ1) is 17.6. The Bertz CT molecular complexity index is 789. The van der Waals surface area contributed by atoms with Crippen LogP contribution in [-0.2, 0) is 4.79 Å². The highest BCUT2D eigenvalue weighted by molar-refractivity contribution is 5.99. The molecule has 0 bridgehead atoms. The SMILES string of the molecule is C/C(=N/NC(=O)COc1ccc(C)c(C)c1)c1cc(F)ccc1F. The van der Waals surface area contributed by atoms with Crippen LogP contribution in [0.5, 0.6) is 5.75 Å². The molecular formula is C18H18F2N2O2. The second-order valence-electron chi connectivity index (χ2n) is 5.39. The number of halogens is 2. The monoisotopic (exact) mass is 332 g/mol. The number of amides is 1. The van der Waals surface area contributed by atoms with Crippen molar-refractivity contribution >= 4 is 11.6 Å². The predicted molar refractivity (Wildman–Crippen MR) is 88.1 cm³/mol. The normalized spacial score (nSPS) is 11.3. The lowest BCUT2D eigenvalue weighted by atomic mass is 10.1. The molecule has 2 aromatic carbocycles. The summed E-state index contributed by atoms with van der Waals surface area (Å²) in [6.07, 6.45) is 0. The molecule has 2 rings (SSSR count). The standard InChI is InChI=1S/C18H18F2N2O2/c1-11-4-6-15(8-12(11)2)24-10-18(23)22-21-13(3)16-9-14(19)5-7-17(16)20/h4-9H,10H2,1-3H3,(H,22,23)/b21-13-. The number of nitrogens with zero attached hydrogens (tertiary/aromatic N) is 1. The van der Waals surface area contributed by atoms with Crippen molar-refractivity contribution in [1.82, 2.24) is 5.43 Å². The van der Waals surface area contributed by atoms with Gasteiger partial charge in [-0.2, -0.15) is 5.10 Å². The van der Waals surface area contributed by atoms with E-state index in [1.54, 1.807) is 6.07 Å². The van der Waals surface area contributed by atoms with Crippen LogP contribution in [-0.4, -0.2) is 18.2 Å². The van der Waals surface area contributed by atoms with Crippen molar-refractivity contribution in [1.29, 1.82) is 0 Å². The minimum absolute atomic E-state index is 0.00891. The molecule has 0 saturated heterocycles. The summed E-state index contributed by atoms with van der Waals surface area (Å²) >= 11 is 0. The largest absolute Gasteiger partial charge is 0.484 e. The van der Waals surface area contributed by atoms with E-state index in [2.05, 4.69) is 10.5 Å². The van der Waals surface area contributed by atoms with E-state index in [9.17, 15) is 13.6 Å². The third-order valence-corrected chi connectivity index (χ3v) is 3.51. The van der Waals surface area contributed by atoms with E-state index in [-0.39, 0.29) is 17.9 Å². The highest BCUT2D eigenvalue weighted by atomic mass is 19.1. The Labute approximate surface area is 139 Å². The number of hydrazone groups is 1. The van der Waals surface area contributed by atoms with E-state index >= 15 is 0 Å². The molecule has 0 aliphatic rings. The molecule has 0 aliphatic heterocycles. The fraction of sp³-hybridized carbons (Fsp3) is 0.222. The Morgan fingerprint density at radius 1 is 1.12 bits per heavy atom. The van der Waals surface area contributed by atoms with Gasteiger partial charge >= 0.3 is 0 Å². The van der Waals surface area contributed by atoms with E-state index in [1.165, 1.54) is 6.92 Å². The lowest BCUT2D eigenvalue weighted by Crippen LogP contribution is -2.25. The molecule has 0 aliphatic carbocycles. The van der Waals surface area contributed by atoms with Gasteiger partial charge in [0.05, 0.1) is 5.71 Å². The molecule has 0 saturated carbocycles. The molecule has 0 atom stereocenters. The van der Waals surface area contributed by atoms with Crippen LogP contribution in [0, 0.1) is 25.5 Å². The molecule has 126 valence electrons. The zero-order valence-corrected chi connectivity index (χ0v) is 13.7. The molecule has 1 amide bonds. The van der Waals surface area contributed by atoms with Crippen LogP contribution in [0.2, 0.25) is 0 Å². The summed E-state index contributed by atoms with van der Waals surface area (Å²) in [4.78, 5) is 11.7. The summed E-state index contributed by atoms with van der Waals surface area (Å²) in [6.45, 7) is 5.17. The first-order chi connectivity index (χ1) is 11.4. The summed E-state index contributed by atoms with van der Waals surface area (Å²) in [6, 6.07) is 8.55. The Kier molecular flexibility index (Phi) is 5.63. The molecule has 0 aromatic heterocycles. The Morgan fingerprint density at radius 3 is 2.58 bits per heavy atom. The van der Waals surface area contributed by atoms with E-state index in [4.69, 9.17) is 4.74 Å². The summed E-state index contributed by atoms with van der Waals surface area (Å²) < 4.78 is 32.1. The van der Waals surface area contributed by atoms with Crippen LogP contribution in [0.3, 0.4) is 0 Å². The molecule has 0 spiro atoms. The number of hydrogen-bond donors (Lipinski definition) is 1. The minimum atomic E-state index is -0.613. The van der Waals surface area contributed by atoms with Crippen molar-refractivity contribution in [2.75, 3.05) is 6.61 Å². The topological polar surface area (TPSA) is 50.7 Å². The van der Waals surface area contributed by atoms with E-state index in [1.807, 2.05) is 26.0 Å². The summed E-state index contributed by atoms with van der Waals surface area (Å²) in [5.41, 5.74) is 4.60. The maximum absolute atomic E-state index is 13.6. The zero-order chi connectivity index (χ0) is 17.7. The third-order valence-electron chi connectivity index (χ3n) is 3.51. The van der Waals surface area contributed by atoms with Crippen LogP contribution in [0.1, 0.15) is 23.6 Å². The van der Waals surface area contributed by atoms with E-state index < -0.39 is 17.5 Å². The van der Waals surface area contributed by atoms with Gasteiger partial charge in [-0.05, 0) is 62.2 Å². The second-order valence-corrected chi connectivity index (χ2v) is 5.39. The van der Waals surface area contributed by atoms with Crippen LogP contribution in [0.4, 0.5) is 8.78 Å². The number of nitrogens with one attached hydrogen (secondary N) is 1. The molecule has 0 heterocycles. The number of rotatable bonds is 5. The van der Waals surface area contributed by atoms with Gasteiger partial charge in [0.25, 0.3) is 5.91 Å². The summed E-state index contributed by atoms with van der Waals surface area (Å²) in [5, 5.41) is 3.77. The van der Waals surface area contributed by atoms with E-state index in [0.29, 0.717) is 5.75 Å². The lowest BCUT2D eigenvalue weighted by Gasteiger charge is -2.08. The van der Waals surface area contributed by atoms with Crippen LogP contribution in [0.15, 0.2) is 41.5 Å². The highest BCUT2D eigenvalue weighted by Crippen LogP contribution is 2.16. The second kappa shape index (κ2) is 7.68. The molecule has 24 heavy (non-hydrogen) atoms. The third kappa shape index (κ3) is 4.62. The smallest absolute Gasteiger partial charge is 0.277 e. The molecule has 0 radical (unpaired) electrons. The number of ether oxygens (including phenoxy) is 1. The van der Waals surface area contributed by atoms with Crippen molar-refractivity contribution < 1.29 is 18.3 Å². The fourth-order valence-corrected chi connectivity index (χ4v) is 1.97. The van der Waals surface area contributed by atoms with Gasteiger partial charge in [0, 0.05) is 5.56 Å². The van der Waals surface area contributed by atoms with Crippen LogP contribution >= 0.6 is 0 Å². The Morgan fingerprint density at radius 2 is 1.88 bits per heavy atom. The van der Waals surface area contributed by atoms with Gasteiger partial charge in [0.2, 0.25) is 0 Å². The van der Waals surface area contributed by atoms with E-state index in [0.717, 1.165) is 29.3 Å². The molecule has 6 heteroatoms. The first-order valence-electron chi connectivity index (χ1n) is 7.35. The Balaban J connectivity index is 1.94. The Hall–Kier alpha value is -2.76. The molecule has 0 fully saturated rings. The average Bonchev–Trinajstić information content (AvgIpc) is 2.56. The summed E-state index contributed by atoms with van der Waals surface area (Å²) in [7, 11) is 0. The minimum Gasteiger partial charge on any atom is -0.484 e. The average molecular weight is 332 g/mol. The van der Waals surface area contributed by atoms with Gasteiger partial charge < -0.3 is 4.74 Å². The fourth-order valence-electron chi connectivity index (χ4n) is 1.97. The van der Waals surface area contributed by atoms with Crippen molar-refractivity contribution in [3.8, 4) is 5.75 Å². The predicted octanol–water partition coefficient (Wildman–Crippen LogP) is 3.50. The van der Waals surface area contributed by atoms with Gasteiger partial charge in [-0.15, -0.1) is 0 Å². The highest BCUT2D eigenvalue weighted by Gasteiger charge is 2.08. The van der Waals surface area contributed by atoms with Gasteiger partial charge in [0.15, 0.2) is 6.61 Å². The van der Waals surface area contributed by atoms with Gasteiger partial charge in [-0.3, -0.25) is 4.79 Å². The first-order valence-corrected chi connectivity index (χ1v) is 7.35. The van der Waals surface area contributed by atoms with Gasteiger partial charge in [-0.25, -0.2) is 14.2 Å². The lowest BCUT2D eigenvalue weighted by molar-refractivity contribution is -0.123. The van der Waals surface area contributed by atoms with Gasteiger partial charge in [0.1, 0.15) is 17.4 Å². The van der Waals surface area contributed by atoms with Crippen LogP contribution in [0.25, 0.3) is 0 Å². The van der Waals surface area contributed by atoms with Crippen molar-refractivity contribution in [2.24, 2.45) is 5.10 Å². The summed E-state index contributed by atoms with van der Waals surface area (Å²) in [5.74, 6) is -1.11. The number of carbonyl (C=O) groups is 1.